The maximum Gasteiger partial charge on any atom is 0.391 e. The zero-order valence-corrected chi connectivity index (χ0v) is 11.8. The Bertz CT molecular complexity index is 528. The molecule has 1 aromatic carbocycles. The van der Waals surface area contributed by atoms with Gasteiger partial charge >= 0.3 is 6.18 Å². The highest BCUT2D eigenvalue weighted by molar-refractivity contribution is 5.95. The highest BCUT2D eigenvalue weighted by Gasteiger charge is 2.42. The van der Waals surface area contributed by atoms with Crippen LogP contribution in [-0.4, -0.2) is 18.1 Å². The second-order valence-corrected chi connectivity index (χ2v) is 5.65. The van der Waals surface area contributed by atoms with E-state index in [0.717, 1.165) is 5.56 Å². The number of alkyl halides is 3. The molecular formula is C15H19F3N2O. The molecule has 0 bridgehead atoms. The molecule has 3 nitrogen and oxygen atoms in total. The Morgan fingerprint density at radius 3 is 2.67 bits per heavy atom. The van der Waals surface area contributed by atoms with E-state index in [-0.39, 0.29) is 18.7 Å². The Kier molecular flexibility index (Phi) is 4.44. The highest BCUT2D eigenvalue weighted by Crippen LogP contribution is 2.37. The van der Waals surface area contributed by atoms with Gasteiger partial charge in [0.2, 0.25) is 0 Å². The van der Waals surface area contributed by atoms with E-state index in [9.17, 15) is 18.0 Å². The second kappa shape index (κ2) is 5.95. The van der Waals surface area contributed by atoms with E-state index >= 15 is 0 Å². The van der Waals surface area contributed by atoms with Gasteiger partial charge in [0.05, 0.1) is 5.92 Å². The molecule has 6 heteroatoms. The number of amides is 1. The van der Waals surface area contributed by atoms with Gasteiger partial charge in [-0.05, 0) is 49.9 Å². The van der Waals surface area contributed by atoms with Crippen LogP contribution >= 0.6 is 0 Å². The van der Waals surface area contributed by atoms with Crippen LogP contribution in [0.4, 0.5) is 18.9 Å². The summed E-state index contributed by atoms with van der Waals surface area (Å²) in [6.45, 7) is 1.78. The van der Waals surface area contributed by atoms with Crippen molar-refractivity contribution in [2.75, 3.05) is 5.73 Å². The lowest BCUT2D eigenvalue weighted by Gasteiger charge is -2.31. The lowest BCUT2D eigenvalue weighted by atomic mass is 9.85. The molecule has 0 aromatic heterocycles. The SMILES string of the molecule is Cc1cc(C(=O)NC2CCCC(C(F)(F)F)C2)ccc1N. The Labute approximate surface area is 121 Å². The number of carbonyl (C=O) groups excluding carboxylic acids is 1. The van der Waals surface area contributed by atoms with Gasteiger partial charge in [0.25, 0.3) is 5.91 Å². The van der Waals surface area contributed by atoms with Crippen molar-refractivity contribution < 1.29 is 18.0 Å². The molecule has 1 aliphatic rings. The molecule has 2 rings (SSSR count). The average Bonchev–Trinajstić information content (AvgIpc) is 2.41. The van der Waals surface area contributed by atoms with Gasteiger partial charge in [-0.2, -0.15) is 13.2 Å². The van der Waals surface area contributed by atoms with Gasteiger partial charge in [-0.25, -0.2) is 0 Å². The number of nitrogen functional groups attached to an aromatic ring is 1. The summed E-state index contributed by atoms with van der Waals surface area (Å²) >= 11 is 0. The third-order valence-electron chi connectivity index (χ3n) is 4.00. The summed E-state index contributed by atoms with van der Waals surface area (Å²) in [4.78, 5) is 12.1. The summed E-state index contributed by atoms with van der Waals surface area (Å²) in [6.07, 6.45) is -3.00. The van der Waals surface area contributed by atoms with Gasteiger partial charge in [0.15, 0.2) is 0 Å². The summed E-state index contributed by atoms with van der Waals surface area (Å²) in [5.74, 6) is -1.66. The standard InChI is InChI=1S/C15H19F3N2O/c1-9-7-10(5-6-13(9)19)14(21)20-12-4-2-3-11(8-12)15(16,17)18/h5-7,11-12H,2-4,8,19H2,1H3,(H,20,21). The van der Waals surface area contributed by atoms with Crippen LogP contribution < -0.4 is 11.1 Å². The van der Waals surface area contributed by atoms with E-state index < -0.39 is 18.1 Å². The summed E-state index contributed by atoms with van der Waals surface area (Å²) in [6, 6.07) is 4.44. The van der Waals surface area contributed by atoms with Gasteiger partial charge in [0.1, 0.15) is 0 Å². The Balaban J connectivity index is 2.00. The molecule has 3 N–H and O–H groups in total. The van der Waals surface area contributed by atoms with Crippen molar-refractivity contribution in [1.29, 1.82) is 0 Å². The zero-order valence-electron chi connectivity index (χ0n) is 11.8. The van der Waals surface area contributed by atoms with Crippen molar-refractivity contribution in [3.05, 3.63) is 29.3 Å². The van der Waals surface area contributed by atoms with Crippen molar-refractivity contribution in [2.45, 2.75) is 44.8 Å². The van der Waals surface area contributed by atoms with Crippen LogP contribution in [0, 0.1) is 12.8 Å². The number of anilines is 1. The molecule has 0 saturated heterocycles. The molecule has 2 unspecified atom stereocenters. The molecule has 0 radical (unpaired) electrons. The molecule has 21 heavy (non-hydrogen) atoms. The lowest BCUT2D eigenvalue weighted by Crippen LogP contribution is -2.41. The number of benzene rings is 1. The van der Waals surface area contributed by atoms with Crippen LogP contribution in [-0.2, 0) is 0 Å². The van der Waals surface area contributed by atoms with Gasteiger partial charge in [-0.15, -0.1) is 0 Å². The second-order valence-electron chi connectivity index (χ2n) is 5.65. The first-order valence-electron chi connectivity index (χ1n) is 7.01. The number of hydrogen-bond donors (Lipinski definition) is 2. The largest absolute Gasteiger partial charge is 0.399 e. The first-order valence-corrected chi connectivity index (χ1v) is 7.01. The molecular weight excluding hydrogens is 281 g/mol. The molecule has 2 atom stereocenters. The fourth-order valence-corrected chi connectivity index (χ4v) is 2.70. The average molecular weight is 300 g/mol. The fourth-order valence-electron chi connectivity index (χ4n) is 2.70. The number of nitrogens with two attached hydrogens (primary N) is 1. The van der Waals surface area contributed by atoms with E-state index in [1.54, 1.807) is 25.1 Å². The van der Waals surface area contributed by atoms with E-state index in [4.69, 9.17) is 5.73 Å². The molecule has 1 saturated carbocycles. The molecule has 116 valence electrons. The number of hydrogen-bond acceptors (Lipinski definition) is 2. The monoisotopic (exact) mass is 300 g/mol. The number of rotatable bonds is 2. The molecule has 1 aliphatic carbocycles. The lowest BCUT2D eigenvalue weighted by molar-refractivity contribution is -0.183. The fraction of sp³-hybridized carbons (Fsp3) is 0.533. The van der Waals surface area contributed by atoms with E-state index in [1.807, 2.05) is 0 Å². The minimum absolute atomic E-state index is 0.0385. The minimum Gasteiger partial charge on any atom is -0.399 e. The van der Waals surface area contributed by atoms with Crippen molar-refractivity contribution in [3.63, 3.8) is 0 Å². The van der Waals surface area contributed by atoms with Gasteiger partial charge in [0, 0.05) is 17.3 Å². The van der Waals surface area contributed by atoms with Crippen molar-refractivity contribution in [2.24, 2.45) is 5.92 Å². The van der Waals surface area contributed by atoms with Crippen molar-refractivity contribution >= 4 is 11.6 Å². The third kappa shape index (κ3) is 3.89. The summed E-state index contributed by atoms with van der Waals surface area (Å²) in [5, 5.41) is 2.70. The summed E-state index contributed by atoms with van der Waals surface area (Å²) in [7, 11) is 0. The van der Waals surface area contributed by atoms with E-state index in [2.05, 4.69) is 5.32 Å². The molecule has 1 fully saturated rings. The quantitative estimate of drug-likeness (QED) is 0.822. The highest BCUT2D eigenvalue weighted by atomic mass is 19.4. The zero-order chi connectivity index (χ0) is 15.6. The first-order chi connectivity index (χ1) is 9.77. The number of aryl methyl sites for hydroxylation is 1. The van der Waals surface area contributed by atoms with Crippen molar-refractivity contribution in [3.8, 4) is 0 Å². The molecule has 0 aliphatic heterocycles. The number of carbonyl (C=O) groups is 1. The normalized spacial score (nSPS) is 22.9. The first kappa shape index (κ1) is 15.7. The van der Waals surface area contributed by atoms with Crippen LogP contribution in [0.15, 0.2) is 18.2 Å². The number of nitrogens with one attached hydrogen (secondary N) is 1. The van der Waals surface area contributed by atoms with Gasteiger partial charge in [-0.3, -0.25) is 4.79 Å². The topological polar surface area (TPSA) is 55.1 Å². The third-order valence-corrected chi connectivity index (χ3v) is 4.00. The Hall–Kier alpha value is -1.72. The summed E-state index contributed by atoms with van der Waals surface area (Å²) < 4.78 is 38.2. The molecule has 0 spiro atoms. The predicted octanol–water partition coefficient (Wildman–Crippen LogP) is 3.43. The van der Waals surface area contributed by atoms with Crippen LogP contribution in [0.5, 0.6) is 0 Å². The summed E-state index contributed by atoms with van der Waals surface area (Å²) in [5.41, 5.74) is 7.47. The predicted molar refractivity (Wildman–Crippen MR) is 74.9 cm³/mol. The van der Waals surface area contributed by atoms with Crippen LogP contribution in [0.25, 0.3) is 0 Å². The van der Waals surface area contributed by atoms with Crippen LogP contribution in [0.2, 0.25) is 0 Å². The van der Waals surface area contributed by atoms with E-state index in [1.165, 1.54) is 0 Å². The maximum atomic E-state index is 12.7. The molecule has 0 heterocycles. The van der Waals surface area contributed by atoms with Crippen LogP contribution in [0.1, 0.15) is 41.6 Å². The van der Waals surface area contributed by atoms with Gasteiger partial charge < -0.3 is 11.1 Å². The van der Waals surface area contributed by atoms with E-state index in [0.29, 0.717) is 24.1 Å². The Morgan fingerprint density at radius 2 is 2.05 bits per heavy atom. The maximum absolute atomic E-state index is 12.7. The van der Waals surface area contributed by atoms with Gasteiger partial charge in [-0.1, -0.05) is 6.42 Å². The Morgan fingerprint density at radius 1 is 1.33 bits per heavy atom. The number of halogens is 3. The smallest absolute Gasteiger partial charge is 0.391 e. The van der Waals surface area contributed by atoms with Crippen molar-refractivity contribution in [1.82, 2.24) is 5.32 Å². The molecule has 1 amide bonds. The minimum atomic E-state index is -4.18. The molecule has 1 aromatic rings. The van der Waals surface area contributed by atoms with Crippen LogP contribution in [0.3, 0.4) is 0 Å².